The molecule has 7 nitrogen and oxygen atoms in total. The van der Waals surface area contributed by atoms with E-state index in [0.29, 0.717) is 31.8 Å². The summed E-state index contributed by atoms with van der Waals surface area (Å²) in [5.41, 5.74) is -1.38. The Labute approximate surface area is 165 Å². The molecule has 0 fully saturated rings. The molecule has 1 aromatic heterocycles. The number of nitrogens with zero attached hydrogens (tertiary/aromatic N) is 3. The lowest BCUT2D eigenvalue weighted by molar-refractivity contribution is -0.137. The zero-order valence-electron chi connectivity index (χ0n) is 16.1. The van der Waals surface area contributed by atoms with Crippen molar-refractivity contribution in [3.8, 4) is 5.75 Å². The number of halogens is 3. The van der Waals surface area contributed by atoms with Crippen molar-refractivity contribution in [3.05, 3.63) is 40.1 Å². The number of ether oxygens (including phenoxy) is 1. The van der Waals surface area contributed by atoms with E-state index in [1.807, 2.05) is 6.92 Å². The number of anilines is 1. The molecule has 1 aromatic carbocycles. The molecule has 2 heterocycles. The highest BCUT2D eigenvalue weighted by Crippen LogP contribution is 2.35. The zero-order valence-corrected chi connectivity index (χ0v) is 16.1. The van der Waals surface area contributed by atoms with Crippen LogP contribution in [-0.2, 0) is 30.5 Å². The number of carbonyl (C=O) groups excluding carboxylic acids is 1. The molecule has 29 heavy (non-hydrogen) atoms. The van der Waals surface area contributed by atoms with E-state index >= 15 is 0 Å². The number of hydrogen-bond acceptors (Lipinski definition) is 4. The number of amides is 1. The van der Waals surface area contributed by atoms with Gasteiger partial charge in [-0.05, 0) is 37.5 Å². The molecule has 0 radical (unpaired) electrons. The van der Waals surface area contributed by atoms with Crippen LogP contribution in [0.25, 0.3) is 0 Å². The van der Waals surface area contributed by atoms with Crippen LogP contribution in [0.2, 0.25) is 0 Å². The Morgan fingerprint density at radius 1 is 1.28 bits per heavy atom. The first kappa shape index (κ1) is 20.9. The van der Waals surface area contributed by atoms with E-state index < -0.39 is 17.6 Å². The lowest BCUT2D eigenvalue weighted by atomic mass is 10.1. The van der Waals surface area contributed by atoms with E-state index in [0.717, 1.165) is 36.1 Å². The van der Waals surface area contributed by atoms with Gasteiger partial charge in [0.2, 0.25) is 5.91 Å². The Bertz CT molecular complexity index is 934. The number of carbonyl (C=O) groups is 1. The van der Waals surface area contributed by atoms with E-state index in [-0.39, 0.29) is 23.7 Å². The van der Waals surface area contributed by atoms with Crippen molar-refractivity contribution in [2.45, 2.75) is 58.3 Å². The van der Waals surface area contributed by atoms with Gasteiger partial charge in [0.05, 0.1) is 17.9 Å². The van der Waals surface area contributed by atoms with Crippen molar-refractivity contribution in [1.82, 2.24) is 14.3 Å². The van der Waals surface area contributed by atoms with Gasteiger partial charge >= 0.3 is 11.9 Å². The van der Waals surface area contributed by atoms with E-state index in [1.54, 1.807) is 4.57 Å². The summed E-state index contributed by atoms with van der Waals surface area (Å²) < 4.78 is 47.2. The molecule has 158 valence electrons. The molecule has 3 rings (SSSR count). The van der Waals surface area contributed by atoms with Crippen LogP contribution in [0.1, 0.15) is 44.0 Å². The van der Waals surface area contributed by atoms with Crippen molar-refractivity contribution >= 4 is 11.6 Å². The van der Waals surface area contributed by atoms with E-state index in [9.17, 15) is 22.8 Å². The second-order valence-corrected chi connectivity index (χ2v) is 6.92. The SMILES string of the molecule is CCCOc1ccc(C(F)(F)F)cc1NC(=O)Cn1nc2n(c1=O)CCCCC2. The third-order valence-electron chi connectivity index (χ3n) is 4.62. The van der Waals surface area contributed by atoms with E-state index in [4.69, 9.17) is 4.74 Å². The highest BCUT2D eigenvalue weighted by molar-refractivity contribution is 5.92. The number of fused-ring (bicyclic) bond motifs is 1. The summed E-state index contributed by atoms with van der Waals surface area (Å²) in [4.78, 5) is 24.9. The van der Waals surface area contributed by atoms with Gasteiger partial charge in [-0.15, -0.1) is 0 Å². The van der Waals surface area contributed by atoms with Gasteiger partial charge in [-0.25, -0.2) is 9.48 Å². The summed E-state index contributed by atoms with van der Waals surface area (Å²) in [7, 11) is 0. The molecular weight excluding hydrogens is 389 g/mol. The molecule has 0 bridgehead atoms. The van der Waals surface area contributed by atoms with Crippen LogP contribution in [0.5, 0.6) is 5.75 Å². The Morgan fingerprint density at radius 2 is 2.07 bits per heavy atom. The Hall–Kier alpha value is -2.78. The van der Waals surface area contributed by atoms with Crippen LogP contribution in [-0.4, -0.2) is 26.9 Å². The van der Waals surface area contributed by atoms with Crippen molar-refractivity contribution in [3.63, 3.8) is 0 Å². The number of alkyl halides is 3. The number of hydrogen-bond donors (Lipinski definition) is 1. The van der Waals surface area contributed by atoms with Gasteiger partial charge in [-0.2, -0.15) is 18.3 Å². The molecule has 1 amide bonds. The molecule has 0 spiro atoms. The second-order valence-electron chi connectivity index (χ2n) is 6.92. The molecule has 0 unspecified atom stereocenters. The topological polar surface area (TPSA) is 78.2 Å². The molecule has 0 atom stereocenters. The lowest BCUT2D eigenvalue weighted by Crippen LogP contribution is -2.30. The number of aromatic nitrogens is 3. The molecule has 1 aliphatic rings. The number of aryl methyl sites for hydroxylation is 1. The summed E-state index contributed by atoms with van der Waals surface area (Å²) >= 11 is 0. The predicted octanol–water partition coefficient (Wildman–Crippen LogP) is 3.22. The Balaban J connectivity index is 1.80. The van der Waals surface area contributed by atoms with Gasteiger partial charge in [0, 0.05) is 13.0 Å². The maximum Gasteiger partial charge on any atom is 0.416 e. The van der Waals surface area contributed by atoms with E-state index in [2.05, 4.69) is 10.4 Å². The summed E-state index contributed by atoms with van der Waals surface area (Å²) in [5, 5.41) is 6.64. The highest BCUT2D eigenvalue weighted by Gasteiger charge is 2.31. The predicted molar refractivity (Wildman–Crippen MR) is 99.9 cm³/mol. The minimum atomic E-state index is -4.55. The summed E-state index contributed by atoms with van der Waals surface area (Å²) in [5.74, 6) is 0.119. The molecule has 2 aromatic rings. The first-order chi connectivity index (χ1) is 13.8. The summed E-state index contributed by atoms with van der Waals surface area (Å²) in [6.07, 6.45) is -0.435. The minimum absolute atomic E-state index is 0.0907. The normalized spacial score (nSPS) is 14.2. The van der Waals surface area contributed by atoms with Gasteiger partial charge in [-0.1, -0.05) is 13.3 Å². The van der Waals surface area contributed by atoms with Crippen molar-refractivity contribution in [1.29, 1.82) is 0 Å². The van der Waals surface area contributed by atoms with Crippen molar-refractivity contribution in [2.24, 2.45) is 0 Å². The zero-order chi connectivity index (χ0) is 21.0. The van der Waals surface area contributed by atoms with Crippen molar-refractivity contribution in [2.75, 3.05) is 11.9 Å². The number of rotatable bonds is 6. The van der Waals surface area contributed by atoms with Crippen LogP contribution < -0.4 is 15.7 Å². The monoisotopic (exact) mass is 412 g/mol. The first-order valence-corrected chi connectivity index (χ1v) is 9.60. The Morgan fingerprint density at radius 3 is 2.79 bits per heavy atom. The average Bonchev–Trinajstić information content (AvgIpc) is 2.83. The van der Waals surface area contributed by atoms with Gasteiger partial charge < -0.3 is 10.1 Å². The van der Waals surface area contributed by atoms with Crippen LogP contribution >= 0.6 is 0 Å². The fourth-order valence-electron chi connectivity index (χ4n) is 3.20. The fraction of sp³-hybridized carbons (Fsp3) is 0.526. The second kappa shape index (κ2) is 8.71. The van der Waals surface area contributed by atoms with Crippen molar-refractivity contribution < 1.29 is 22.7 Å². The minimum Gasteiger partial charge on any atom is -0.491 e. The summed E-state index contributed by atoms with van der Waals surface area (Å²) in [6.45, 7) is 2.32. The molecular formula is C19H23F3N4O3. The van der Waals surface area contributed by atoms with E-state index in [1.165, 1.54) is 6.07 Å². The third kappa shape index (κ3) is 4.99. The van der Waals surface area contributed by atoms with Crippen LogP contribution in [0.4, 0.5) is 18.9 Å². The van der Waals surface area contributed by atoms with Gasteiger partial charge in [0.1, 0.15) is 18.1 Å². The quantitative estimate of drug-likeness (QED) is 0.790. The van der Waals surface area contributed by atoms with Crippen LogP contribution in [0, 0.1) is 0 Å². The lowest BCUT2D eigenvalue weighted by Gasteiger charge is -2.15. The van der Waals surface area contributed by atoms with Crippen LogP contribution in [0.3, 0.4) is 0 Å². The first-order valence-electron chi connectivity index (χ1n) is 9.60. The van der Waals surface area contributed by atoms with Gasteiger partial charge in [0.15, 0.2) is 0 Å². The maximum absolute atomic E-state index is 13.0. The standard InChI is InChI=1S/C19H23F3N4O3/c1-2-10-29-15-8-7-13(19(20,21)22)11-14(15)23-17(27)12-26-18(28)25-9-5-3-4-6-16(25)24-26/h7-8,11H,2-6,9-10,12H2,1H3,(H,23,27). The molecule has 0 saturated carbocycles. The highest BCUT2D eigenvalue weighted by atomic mass is 19.4. The third-order valence-corrected chi connectivity index (χ3v) is 4.62. The smallest absolute Gasteiger partial charge is 0.416 e. The molecule has 0 aliphatic carbocycles. The average molecular weight is 412 g/mol. The van der Waals surface area contributed by atoms with Gasteiger partial charge in [-0.3, -0.25) is 9.36 Å². The maximum atomic E-state index is 13.0. The molecule has 0 saturated heterocycles. The fourth-order valence-corrected chi connectivity index (χ4v) is 3.20. The summed E-state index contributed by atoms with van der Waals surface area (Å²) in [6, 6.07) is 2.91. The molecule has 1 N–H and O–H groups in total. The molecule has 1 aliphatic heterocycles. The largest absolute Gasteiger partial charge is 0.491 e. The Kier molecular flexibility index (Phi) is 6.29. The number of nitrogens with one attached hydrogen (secondary N) is 1. The number of benzene rings is 1. The molecule has 10 heteroatoms. The van der Waals surface area contributed by atoms with Gasteiger partial charge in [0.25, 0.3) is 0 Å². The van der Waals surface area contributed by atoms with Crippen LogP contribution in [0.15, 0.2) is 23.0 Å².